The maximum absolute atomic E-state index is 3.59. The van der Waals surface area contributed by atoms with E-state index in [1.165, 1.54) is 51.9 Å². The van der Waals surface area contributed by atoms with E-state index in [4.69, 9.17) is 0 Å². The Balaban J connectivity index is 1.47. The van der Waals surface area contributed by atoms with Crippen LogP contribution >= 0.6 is 0 Å². The summed E-state index contributed by atoms with van der Waals surface area (Å²) in [4.78, 5) is 5.46. The van der Waals surface area contributed by atoms with E-state index in [0.29, 0.717) is 0 Å². The second kappa shape index (κ2) is 4.63. The van der Waals surface area contributed by atoms with Crippen LogP contribution in [-0.4, -0.2) is 60.6 Å². The van der Waals surface area contributed by atoms with Gasteiger partial charge in [0.05, 0.1) is 0 Å². The Hall–Kier alpha value is -0.120. The topological polar surface area (TPSA) is 18.5 Å². The van der Waals surface area contributed by atoms with Crippen LogP contribution in [0.15, 0.2) is 0 Å². The first-order valence-electron chi connectivity index (χ1n) is 7.08. The minimum absolute atomic E-state index is 0.764. The fraction of sp³-hybridized carbons (Fsp3) is 1.00. The van der Waals surface area contributed by atoms with Crippen LogP contribution in [0.25, 0.3) is 0 Å². The van der Waals surface area contributed by atoms with E-state index in [-0.39, 0.29) is 0 Å². The van der Waals surface area contributed by atoms with Crippen molar-refractivity contribution in [2.45, 2.75) is 50.7 Å². The van der Waals surface area contributed by atoms with Crippen molar-refractivity contribution in [2.24, 2.45) is 0 Å². The Kier molecular flexibility index (Phi) is 3.18. The van der Waals surface area contributed by atoms with Crippen LogP contribution in [0, 0.1) is 0 Å². The number of nitrogens with zero attached hydrogens (tertiary/aromatic N) is 2. The Morgan fingerprint density at radius 3 is 2.44 bits per heavy atom. The first-order valence-corrected chi connectivity index (χ1v) is 7.08. The summed E-state index contributed by atoms with van der Waals surface area (Å²) < 4.78 is 0. The minimum atomic E-state index is 0.764. The van der Waals surface area contributed by atoms with Crippen molar-refractivity contribution in [3.63, 3.8) is 0 Å². The van der Waals surface area contributed by atoms with Gasteiger partial charge in [-0.15, -0.1) is 0 Å². The first-order chi connectivity index (χ1) is 7.86. The Labute approximate surface area is 99.2 Å². The number of rotatable bonds is 4. The third-order valence-corrected chi connectivity index (χ3v) is 4.49. The number of nitrogens with one attached hydrogen (secondary N) is 1. The van der Waals surface area contributed by atoms with Crippen molar-refractivity contribution < 1.29 is 0 Å². The van der Waals surface area contributed by atoms with E-state index < -0.39 is 0 Å². The number of hydrogen-bond acceptors (Lipinski definition) is 3. The molecule has 1 saturated carbocycles. The fourth-order valence-electron chi connectivity index (χ4n) is 3.41. The molecule has 0 spiro atoms. The summed E-state index contributed by atoms with van der Waals surface area (Å²) in [5.74, 6) is 0. The molecule has 0 radical (unpaired) electrons. The van der Waals surface area contributed by atoms with Gasteiger partial charge in [0.1, 0.15) is 0 Å². The van der Waals surface area contributed by atoms with Gasteiger partial charge in [0.25, 0.3) is 0 Å². The number of likely N-dealkylation sites (N-methyl/N-ethyl adjacent to an activating group) is 1. The van der Waals surface area contributed by atoms with Crippen molar-refractivity contribution in [3.05, 3.63) is 0 Å². The zero-order chi connectivity index (χ0) is 11.0. The average molecular weight is 223 g/mol. The standard InChI is InChI=1S/C13H25N3/c1-2-14-11-5-7-15(9-11)13-6-8-16(10-13)12-3-4-12/h11-14H,2-10H2,1H3. The van der Waals surface area contributed by atoms with Crippen molar-refractivity contribution >= 4 is 0 Å². The zero-order valence-electron chi connectivity index (χ0n) is 10.5. The molecule has 92 valence electrons. The van der Waals surface area contributed by atoms with E-state index in [1.807, 2.05) is 0 Å². The Morgan fingerprint density at radius 2 is 1.69 bits per heavy atom. The van der Waals surface area contributed by atoms with E-state index in [2.05, 4.69) is 22.0 Å². The van der Waals surface area contributed by atoms with Crippen molar-refractivity contribution in [1.82, 2.24) is 15.1 Å². The Morgan fingerprint density at radius 1 is 0.938 bits per heavy atom. The van der Waals surface area contributed by atoms with Crippen LogP contribution in [0.1, 0.15) is 32.6 Å². The molecule has 2 atom stereocenters. The van der Waals surface area contributed by atoms with E-state index >= 15 is 0 Å². The third kappa shape index (κ3) is 2.27. The van der Waals surface area contributed by atoms with Crippen LogP contribution in [0.4, 0.5) is 0 Å². The highest BCUT2D eigenvalue weighted by atomic mass is 15.3. The molecule has 3 rings (SSSR count). The predicted molar refractivity (Wildman–Crippen MR) is 66.7 cm³/mol. The minimum Gasteiger partial charge on any atom is -0.313 e. The highest BCUT2D eigenvalue weighted by molar-refractivity contribution is 4.95. The molecule has 3 nitrogen and oxygen atoms in total. The SMILES string of the molecule is CCNC1CCN(C2CCN(C3CC3)C2)C1. The lowest BCUT2D eigenvalue weighted by Crippen LogP contribution is -2.39. The molecule has 2 aliphatic heterocycles. The van der Waals surface area contributed by atoms with Gasteiger partial charge in [-0.05, 0) is 32.2 Å². The highest BCUT2D eigenvalue weighted by Gasteiger charge is 2.37. The molecule has 1 N–H and O–H groups in total. The van der Waals surface area contributed by atoms with Gasteiger partial charge in [-0.25, -0.2) is 0 Å². The summed E-state index contributed by atoms with van der Waals surface area (Å²) in [6, 6.07) is 2.60. The second-order valence-corrected chi connectivity index (χ2v) is 5.71. The van der Waals surface area contributed by atoms with Crippen molar-refractivity contribution in [1.29, 1.82) is 0 Å². The molecular weight excluding hydrogens is 198 g/mol. The quantitative estimate of drug-likeness (QED) is 0.764. The fourth-order valence-corrected chi connectivity index (χ4v) is 3.41. The maximum atomic E-state index is 3.59. The molecule has 0 amide bonds. The third-order valence-electron chi connectivity index (χ3n) is 4.49. The van der Waals surface area contributed by atoms with Crippen LogP contribution < -0.4 is 5.32 Å². The monoisotopic (exact) mass is 223 g/mol. The van der Waals surface area contributed by atoms with Gasteiger partial charge in [0.2, 0.25) is 0 Å². The molecule has 2 saturated heterocycles. The van der Waals surface area contributed by atoms with E-state index in [9.17, 15) is 0 Å². The van der Waals surface area contributed by atoms with Gasteiger partial charge in [-0.2, -0.15) is 0 Å². The van der Waals surface area contributed by atoms with Gasteiger partial charge < -0.3 is 5.32 Å². The van der Waals surface area contributed by atoms with Gasteiger partial charge >= 0.3 is 0 Å². The van der Waals surface area contributed by atoms with Crippen LogP contribution in [0.5, 0.6) is 0 Å². The first kappa shape index (κ1) is 11.0. The molecule has 3 aliphatic rings. The van der Waals surface area contributed by atoms with Gasteiger partial charge in [0.15, 0.2) is 0 Å². The molecule has 2 heterocycles. The summed E-state index contributed by atoms with van der Waals surface area (Å²) in [7, 11) is 0. The van der Waals surface area contributed by atoms with Crippen molar-refractivity contribution in [2.75, 3.05) is 32.7 Å². The van der Waals surface area contributed by atoms with Crippen LogP contribution in [0.3, 0.4) is 0 Å². The average Bonchev–Trinajstić information content (AvgIpc) is 2.85. The molecule has 0 aromatic rings. The molecular formula is C13H25N3. The van der Waals surface area contributed by atoms with Gasteiger partial charge in [-0.1, -0.05) is 6.92 Å². The molecule has 16 heavy (non-hydrogen) atoms. The summed E-state index contributed by atoms with van der Waals surface area (Å²) in [6.07, 6.45) is 5.70. The smallest absolute Gasteiger partial charge is 0.0236 e. The molecule has 0 aromatic heterocycles. The predicted octanol–water partition coefficient (Wildman–Crippen LogP) is 0.907. The summed E-state index contributed by atoms with van der Waals surface area (Å²) >= 11 is 0. The Bertz CT molecular complexity index is 239. The highest BCUT2D eigenvalue weighted by Crippen LogP contribution is 2.31. The molecule has 3 fully saturated rings. The zero-order valence-corrected chi connectivity index (χ0v) is 10.5. The van der Waals surface area contributed by atoms with Gasteiger partial charge in [0, 0.05) is 44.3 Å². The number of hydrogen-bond donors (Lipinski definition) is 1. The van der Waals surface area contributed by atoms with E-state index in [0.717, 1.165) is 24.7 Å². The summed E-state index contributed by atoms with van der Waals surface area (Å²) in [5.41, 5.74) is 0. The molecule has 3 heteroatoms. The molecule has 2 unspecified atom stereocenters. The lowest BCUT2D eigenvalue weighted by Gasteiger charge is -2.24. The van der Waals surface area contributed by atoms with Crippen LogP contribution in [0.2, 0.25) is 0 Å². The summed E-state index contributed by atoms with van der Waals surface area (Å²) in [6.45, 7) is 8.66. The second-order valence-electron chi connectivity index (χ2n) is 5.71. The summed E-state index contributed by atoms with van der Waals surface area (Å²) in [5, 5.41) is 3.59. The van der Waals surface area contributed by atoms with E-state index in [1.54, 1.807) is 0 Å². The number of likely N-dealkylation sites (tertiary alicyclic amines) is 2. The molecule has 0 bridgehead atoms. The lowest BCUT2D eigenvalue weighted by molar-refractivity contribution is 0.225. The lowest BCUT2D eigenvalue weighted by atomic mass is 10.2. The normalized spacial score (nSPS) is 37.3. The van der Waals surface area contributed by atoms with Crippen LogP contribution in [-0.2, 0) is 0 Å². The molecule has 0 aromatic carbocycles. The molecule has 1 aliphatic carbocycles. The van der Waals surface area contributed by atoms with Gasteiger partial charge in [-0.3, -0.25) is 9.80 Å². The largest absolute Gasteiger partial charge is 0.313 e. The van der Waals surface area contributed by atoms with Crippen molar-refractivity contribution in [3.8, 4) is 0 Å². The maximum Gasteiger partial charge on any atom is 0.0236 e.